The van der Waals surface area contributed by atoms with Gasteiger partial charge < -0.3 is 10.5 Å². The molecule has 0 aliphatic heterocycles. The maximum Gasteiger partial charge on any atom is 0.461 e. The van der Waals surface area contributed by atoms with Gasteiger partial charge in [0.25, 0.3) is 0 Å². The molecule has 0 fully saturated rings. The van der Waals surface area contributed by atoms with Gasteiger partial charge >= 0.3 is 24.6 Å². The molecule has 0 saturated carbocycles. The van der Waals surface area contributed by atoms with Gasteiger partial charge in [-0.2, -0.15) is 39.5 Å². The van der Waals surface area contributed by atoms with E-state index in [2.05, 4.69) is 4.74 Å². The van der Waals surface area contributed by atoms with Crippen LogP contribution in [0, 0.1) is 0 Å². The Labute approximate surface area is 117 Å². The molecule has 0 spiro atoms. The van der Waals surface area contributed by atoms with Crippen LogP contribution in [0.2, 0.25) is 0 Å². The fourth-order valence-corrected chi connectivity index (χ4v) is 1.39. The quantitative estimate of drug-likeness (QED) is 0.818. The number of hydrogen-bond donors (Lipinski definition) is 1. The van der Waals surface area contributed by atoms with Gasteiger partial charge in [-0.3, -0.25) is 0 Å². The number of nitrogens with two attached hydrogens (primary N) is 1. The number of benzene rings is 1. The molecule has 2 N–H and O–H groups in total. The number of alkyl halides is 9. The summed E-state index contributed by atoms with van der Waals surface area (Å²) in [6.07, 6.45) is -15.5. The van der Waals surface area contributed by atoms with Gasteiger partial charge in [0.2, 0.25) is 0 Å². The molecule has 0 amide bonds. The molecule has 0 aliphatic rings. The van der Waals surface area contributed by atoms with E-state index in [9.17, 15) is 39.5 Å². The Morgan fingerprint density at radius 3 is 1.86 bits per heavy atom. The van der Waals surface area contributed by atoms with Gasteiger partial charge in [0.1, 0.15) is 11.8 Å². The maximum atomic E-state index is 13.1. The van der Waals surface area contributed by atoms with Crippen LogP contribution in [0.1, 0.15) is 11.6 Å². The lowest BCUT2D eigenvalue weighted by Gasteiger charge is -2.28. The van der Waals surface area contributed by atoms with E-state index in [-0.39, 0.29) is 0 Å². The molecule has 1 aromatic rings. The summed E-state index contributed by atoms with van der Waals surface area (Å²) in [5, 5.41) is 0. The highest BCUT2D eigenvalue weighted by Gasteiger charge is 2.62. The molecule has 0 aliphatic carbocycles. The van der Waals surface area contributed by atoms with Gasteiger partial charge in [0.15, 0.2) is 0 Å². The molecule has 2 nitrogen and oxygen atoms in total. The van der Waals surface area contributed by atoms with E-state index in [1.54, 1.807) is 0 Å². The van der Waals surface area contributed by atoms with Crippen LogP contribution in [-0.4, -0.2) is 24.6 Å². The van der Waals surface area contributed by atoms with Crippen molar-refractivity contribution in [2.75, 3.05) is 0 Å². The van der Waals surface area contributed by atoms with Crippen LogP contribution in [0.15, 0.2) is 24.3 Å². The van der Waals surface area contributed by atoms with Crippen LogP contribution < -0.4 is 10.5 Å². The average molecular weight is 341 g/mol. The molecule has 126 valence electrons. The van der Waals surface area contributed by atoms with E-state index in [4.69, 9.17) is 5.73 Å². The topological polar surface area (TPSA) is 35.2 Å². The predicted octanol–water partition coefficient (Wildman–Crippen LogP) is 4.12. The van der Waals surface area contributed by atoms with Crippen LogP contribution in [0.4, 0.5) is 39.5 Å². The van der Waals surface area contributed by atoms with E-state index < -0.39 is 42.0 Å². The van der Waals surface area contributed by atoms with Crippen molar-refractivity contribution in [1.29, 1.82) is 0 Å². The minimum atomic E-state index is -6.06. The molecule has 0 heterocycles. The predicted molar refractivity (Wildman–Crippen MR) is 56.0 cm³/mol. The second-order valence-corrected chi connectivity index (χ2v) is 4.10. The molecule has 11 heteroatoms. The molecule has 0 unspecified atom stereocenters. The van der Waals surface area contributed by atoms with Crippen molar-refractivity contribution in [2.24, 2.45) is 5.73 Å². The zero-order valence-corrected chi connectivity index (χ0v) is 10.4. The van der Waals surface area contributed by atoms with Crippen molar-refractivity contribution >= 4 is 0 Å². The Bertz CT molecular complexity index is 515. The standard InChI is InChI=1S/C11H8F9NO/c12-8(13)10(16,17)22-6-4-2-1-3-5(6)7(21)9(14,15)11(18,19)20/h1-4,7-8H,21H2/t7-/m1/s1. The van der Waals surface area contributed by atoms with Crippen LogP contribution in [-0.2, 0) is 0 Å². The lowest BCUT2D eigenvalue weighted by molar-refractivity contribution is -0.291. The zero-order chi connectivity index (χ0) is 17.3. The highest BCUT2D eigenvalue weighted by atomic mass is 19.4. The first-order valence-electron chi connectivity index (χ1n) is 5.44. The molecule has 1 rings (SSSR count). The van der Waals surface area contributed by atoms with Crippen LogP contribution in [0.5, 0.6) is 5.75 Å². The van der Waals surface area contributed by atoms with E-state index in [1.165, 1.54) is 0 Å². The largest absolute Gasteiger partial charge is 0.461 e. The van der Waals surface area contributed by atoms with Gasteiger partial charge in [0.05, 0.1) is 0 Å². The Morgan fingerprint density at radius 1 is 0.909 bits per heavy atom. The third-order valence-electron chi connectivity index (χ3n) is 2.52. The molecule has 0 bridgehead atoms. The summed E-state index contributed by atoms with van der Waals surface area (Å²) in [5.41, 5.74) is 3.58. The normalized spacial score (nSPS) is 15.0. The lowest BCUT2D eigenvalue weighted by Crippen LogP contribution is -2.46. The molecule has 0 aromatic heterocycles. The van der Waals surface area contributed by atoms with Gasteiger partial charge in [-0.15, -0.1) is 0 Å². The van der Waals surface area contributed by atoms with E-state index in [0.717, 1.165) is 12.1 Å². The first-order valence-corrected chi connectivity index (χ1v) is 5.44. The molecule has 22 heavy (non-hydrogen) atoms. The highest BCUT2D eigenvalue weighted by molar-refractivity contribution is 5.37. The van der Waals surface area contributed by atoms with Gasteiger partial charge in [-0.25, -0.2) is 0 Å². The monoisotopic (exact) mass is 341 g/mol. The van der Waals surface area contributed by atoms with Crippen LogP contribution in [0.25, 0.3) is 0 Å². The van der Waals surface area contributed by atoms with E-state index in [0.29, 0.717) is 12.1 Å². The average Bonchev–Trinajstić information content (AvgIpc) is 2.36. The summed E-state index contributed by atoms with van der Waals surface area (Å²) in [5.74, 6) is -6.78. The first-order chi connectivity index (χ1) is 9.80. The minimum Gasteiger partial charge on any atom is -0.428 e. The SMILES string of the molecule is N[C@H](c1ccccc1OC(F)(F)C(F)F)C(F)(F)C(F)(F)F. The second kappa shape index (κ2) is 5.86. The molecular formula is C11H8F9NO. The molecular weight excluding hydrogens is 333 g/mol. The molecule has 1 aromatic carbocycles. The zero-order valence-electron chi connectivity index (χ0n) is 10.4. The summed E-state index contributed by atoms with van der Waals surface area (Å²) in [7, 11) is 0. The first kappa shape index (κ1) is 18.4. The Balaban J connectivity index is 3.23. The molecule has 0 radical (unpaired) electrons. The fraction of sp³-hybridized carbons (Fsp3) is 0.455. The summed E-state index contributed by atoms with van der Waals surface area (Å²) in [4.78, 5) is 0. The third kappa shape index (κ3) is 3.57. The second-order valence-electron chi connectivity index (χ2n) is 4.10. The van der Waals surface area contributed by atoms with Crippen molar-refractivity contribution in [3.05, 3.63) is 29.8 Å². The summed E-state index contributed by atoms with van der Waals surface area (Å²) >= 11 is 0. The van der Waals surface area contributed by atoms with E-state index in [1.807, 2.05) is 0 Å². The lowest BCUT2D eigenvalue weighted by atomic mass is 10.00. The maximum absolute atomic E-state index is 13.1. The van der Waals surface area contributed by atoms with Crippen molar-refractivity contribution in [3.8, 4) is 5.75 Å². The van der Waals surface area contributed by atoms with Crippen molar-refractivity contribution in [2.45, 2.75) is 30.7 Å². The van der Waals surface area contributed by atoms with Crippen molar-refractivity contribution in [3.63, 3.8) is 0 Å². The van der Waals surface area contributed by atoms with Crippen LogP contribution in [0.3, 0.4) is 0 Å². The number of rotatable bonds is 5. The number of ether oxygens (including phenoxy) is 1. The summed E-state index contributed by atoms with van der Waals surface area (Å²) in [6, 6.07) is -0.218. The number of para-hydroxylation sites is 1. The fourth-order valence-electron chi connectivity index (χ4n) is 1.39. The van der Waals surface area contributed by atoms with Crippen molar-refractivity contribution in [1.82, 2.24) is 0 Å². The van der Waals surface area contributed by atoms with Crippen molar-refractivity contribution < 1.29 is 44.3 Å². The smallest absolute Gasteiger partial charge is 0.428 e. The van der Waals surface area contributed by atoms with Crippen LogP contribution >= 0.6 is 0 Å². The highest BCUT2D eigenvalue weighted by Crippen LogP contribution is 2.45. The minimum absolute atomic E-state index is 0.526. The molecule has 0 saturated heterocycles. The van der Waals surface area contributed by atoms with E-state index >= 15 is 0 Å². The van der Waals surface area contributed by atoms with Gasteiger partial charge in [-0.05, 0) is 6.07 Å². The summed E-state index contributed by atoms with van der Waals surface area (Å²) < 4.78 is 116. The Morgan fingerprint density at radius 2 is 1.41 bits per heavy atom. The summed E-state index contributed by atoms with van der Waals surface area (Å²) in [6.45, 7) is 0. The number of halogens is 9. The Hall–Kier alpha value is -1.65. The third-order valence-corrected chi connectivity index (χ3v) is 2.52. The Kier molecular flexibility index (Phi) is 4.90. The number of hydrogen-bond acceptors (Lipinski definition) is 2. The van der Waals surface area contributed by atoms with Gasteiger partial charge in [-0.1, -0.05) is 18.2 Å². The van der Waals surface area contributed by atoms with Gasteiger partial charge in [0, 0.05) is 5.56 Å². The molecule has 1 atom stereocenters.